The molecule has 0 aromatic rings. The standard InChI is InChI=1S/C20H40N2O2/c1-7-15(3)13-21-20(24)18(6)12-10-9-11-16(4)14-22-19(23)17(5)8-2/h15-18H,7-14H2,1-6H3,(H,21,24)(H,22,23)/t15-,16+,17-,18-/m0/s1. The smallest absolute Gasteiger partial charge is 0.222 e. The molecule has 4 nitrogen and oxygen atoms in total. The van der Waals surface area contributed by atoms with Crippen molar-refractivity contribution in [2.45, 2.75) is 80.1 Å². The summed E-state index contributed by atoms with van der Waals surface area (Å²) in [5.41, 5.74) is 0. The Morgan fingerprint density at radius 2 is 1.21 bits per heavy atom. The Hall–Kier alpha value is -1.06. The molecule has 0 aliphatic rings. The van der Waals surface area contributed by atoms with E-state index in [1.807, 2.05) is 20.8 Å². The van der Waals surface area contributed by atoms with E-state index in [1.54, 1.807) is 0 Å². The van der Waals surface area contributed by atoms with Crippen LogP contribution in [0, 0.1) is 23.7 Å². The molecule has 0 aromatic carbocycles. The van der Waals surface area contributed by atoms with Gasteiger partial charge in [-0.2, -0.15) is 0 Å². The minimum atomic E-state index is 0.0921. The van der Waals surface area contributed by atoms with E-state index >= 15 is 0 Å². The van der Waals surface area contributed by atoms with Crippen LogP contribution in [-0.4, -0.2) is 24.9 Å². The number of rotatable bonds is 13. The van der Waals surface area contributed by atoms with Crippen molar-refractivity contribution in [3.63, 3.8) is 0 Å². The van der Waals surface area contributed by atoms with Crippen molar-refractivity contribution < 1.29 is 9.59 Å². The van der Waals surface area contributed by atoms with Gasteiger partial charge in [-0.1, -0.05) is 60.8 Å². The molecule has 0 heterocycles. The van der Waals surface area contributed by atoms with Crippen molar-refractivity contribution in [2.24, 2.45) is 23.7 Å². The van der Waals surface area contributed by atoms with Gasteiger partial charge in [0.25, 0.3) is 0 Å². The molecule has 0 fully saturated rings. The first-order valence-electron chi connectivity index (χ1n) is 9.87. The fourth-order valence-electron chi connectivity index (χ4n) is 2.40. The highest BCUT2D eigenvalue weighted by atomic mass is 16.2. The van der Waals surface area contributed by atoms with E-state index in [1.165, 1.54) is 0 Å². The molecule has 0 saturated carbocycles. The Morgan fingerprint density at radius 3 is 1.75 bits per heavy atom. The lowest BCUT2D eigenvalue weighted by Crippen LogP contribution is -2.33. The summed E-state index contributed by atoms with van der Waals surface area (Å²) >= 11 is 0. The molecular weight excluding hydrogens is 300 g/mol. The molecule has 0 aliphatic carbocycles. The number of hydrogen-bond donors (Lipinski definition) is 2. The van der Waals surface area contributed by atoms with Gasteiger partial charge in [0.05, 0.1) is 0 Å². The lowest BCUT2D eigenvalue weighted by Gasteiger charge is -2.16. The van der Waals surface area contributed by atoms with Crippen LogP contribution in [0.5, 0.6) is 0 Å². The number of nitrogens with one attached hydrogen (secondary N) is 2. The number of carbonyl (C=O) groups excluding carboxylic acids is 2. The second-order valence-electron chi connectivity index (χ2n) is 7.60. The summed E-state index contributed by atoms with van der Waals surface area (Å²) in [4.78, 5) is 23.8. The van der Waals surface area contributed by atoms with E-state index in [-0.39, 0.29) is 23.7 Å². The van der Waals surface area contributed by atoms with Gasteiger partial charge in [-0.25, -0.2) is 0 Å². The van der Waals surface area contributed by atoms with Crippen molar-refractivity contribution in [1.29, 1.82) is 0 Å². The van der Waals surface area contributed by atoms with Gasteiger partial charge in [-0.3, -0.25) is 9.59 Å². The molecular formula is C20H40N2O2. The lowest BCUT2D eigenvalue weighted by molar-refractivity contribution is -0.125. The molecule has 0 saturated heterocycles. The summed E-state index contributed by atoms with van der Waals surface area (Å²) in [5, 5.41) is 6.08. The highest BCUT2D eigenvalue weighted by Crippen LogP contribution is 2.14. The fraction of sp³-hybridized carbons (Fsp3) is 0.900. The van der Waals surface area contributed by atoms with Gasteiger partial charge < -0.3 is 10.6 Å². The van der Waals surface area contributed by atoms with Gasteiger partial charge in [0.1, 0.15) is 0 Å². The minimum absolute atomic E-state index is 0.0921. The Labute approximate surface area is 149 Å². The average molecular weight is 341 g/mol. The van der Waals surface area contributed by atoms with Crippen molar-refractivity contribution in [2.75, 3.05) is 13.1 Å². The van der Waals surface area contributed by atoms with Gasteiger partial charge in [-0.05, 0) is 31.1 Å². The van der Waals surface area contributed by atoms with Crippen LogP contribution in [0.4, 0.5) is 0 Å². The van der Waals surface area contributed by atoms with Crippen molar-refractivity contribution in [3.8, 4) is 0 Å². The normalized spacial score (nSPS) is 16.1. The van der Waals surface area contributed by atoms with E-state index < -0.39 is 0 Å². The zero-order valence-electron chi connectivity index (χ0n) is 16.8. The van der Waals surface area contributed by atoms with Crippen molar-refractivity contribution >= 4 is 11.8 Å². The van der Waals surface area contributed by atoms with Gasteiger partial charge in [-0.15, -0.1) is 0 Å². The first-order valence-corrected chi connectivity index (χ1v) is 9.87. The van der Waals surface area contributed by atoms with Crippen LogP contribution in [0.2, 0.25) is 0 Å². The number of carbonyl (C=O) groups is 2. The summed E-state index contributed by atoms with van der Waals surface area (Å²) in [6, 6.07) is 0. The quantitative estimate of drug-likeness (QED) is 0.495. The molecule has 142 valence electrons. The Morgan fingerprint density at radius 1 is 0.708 bits per heavy atom. The Balaban J connectivity index is 3.76. The van der Waals surface area contributed by atoms with Gasteiger partial charge in [0.2, 0.25) is 11.8 Å². The van der Waals surface area contributed by atoms with Crippen LogP contribution >= 0.6 is 0 Å². The Kier molecular flexibility index (Phi) is 12.7. The van der Waals surface area contributed by atoms with Crippen LogP contribution in [0.25, 0.3) is 0 Å². The first kappa shape index (κ1) is 22.9. The number of amides is 2. The van der Waals surface area contributed by atoms with E-state index in [4.69, 9.17) is 0 Å². The van der Waals surface area contributed by atoms with Crippen LogP contribution in [0.1, 0.15) is 80.1 Å². The zero-order valence-corrected chi connectivity index (χ0v) is 16.8. The molecule has 4 atom stereocenters. The average Bonchev–Trinajstić information content (AvgIpc) is 2.59. The molecule has 0 spiro atoms. The second kappa shape index (κ2) is 13.3. The van der Waals surface area contributed by atoms with Gasteiger partial charge in [0.15, 0.2) is 0 Å². The third-order valence-corrected chi connectivity index (χ3v) is 5.04. The minimum Gasteiger partial charge on any atom is -0.356 e. The molecule has 0 radical (unpaired) electrons. The Bertz CT molecular complexity index is 358. The number of hydrogen-bond acceptors (Lipinski definition) is 2. The molecule has 2 N–H and O–H groups in total. The molecule has 0 rings (SSSR count). The summed E-state index contributed by atoms with van der Waals surface area (Å²) in [6.45, 7) is 14.0. The molecule has 24 heavy (non-hydrogen) atoms. The van der Waals surface area contributed by atoms with Gasteiger partial charge in [0, 0.05) is 24.9 Å². The maximum absolute atomic E-state index is 12.0. The topological polar surface area (TPSA) is 58.2 Å². The maximum atomic E-state index is 12.0. The SMILES string of the molecule is CC[C@H](C)CNC(=O)[C@@H](C)CCCC[C@@H](C)CNC(=O)[C@@H](C)CC. The van der Waals surface area contributed by atoms with Crippen molar-refractivity contribution in [1.82, 2.24) is 10.6 Å². The largest absolute Gasteiger partial charge is 0.356 e. The maximum Gasteiger partial charge on any atom is 0.222 e. The summed E-state index contributed by atoms with van der Waals surface area (Å²) in [7, 11) is 0. The second-order valence-corrected chi connectivity index (χ2v) is 7.60. The summed E-state index contributed by atoms with van der Waals surface area (Å²) in [6.07, 6.45) is 6.21. The molecule has 0 unspecified atom stereocenters. The van der Waals surface area contributed by atoms with Crippen molar-refractivity contribution in [3.05, 3.63) is 0 Å². The predicted octanol–water partition coefficient (Wildman–Crippen LogP) is 4.14. The molecule has 4 heteroatoms. The summed E-state index contributed by atoms with van der Waals surface area (Å²) < 4.78 is 0. The molecule has 2 amide bonds. The zero-order chi connectivity index (χ0) is 18.5. The van der Waals surface area contributed by atoms with Crippen LogP contribution in [-0.2, 0) is 9.59 Å². The highest BCUT2D eigenvalue weighted by Gasteiger charge is 2.14. The molecule has 0 bridgehead atoms. The molecule has 0 aliphatic heterocycles. The predicted molar refractivity (Wildman–Crippen MR) is 102 cm³/mol. The lowest BCUT2D eigenvalue weighted by atomic mass is 9.98. The molecule has 0 aromatic heterocycles. The van der Waals surface area contributed by atoms with Crippen LogP contribution in [0.15, 0.2) is 0 Å². The fourth-order valence-corrected chi connectivity index (χ4v) is 2.40. The third kappa shape index (κ3) is 10.7. The van der Waals surface area contributed by atoms with E-state index in [9.17, 15) is 9.59 Å². The van der Waals surface area contributed by atoms with E-state index in [0.717, 1.165) is 51.6 Å². The van der Waals surface area contributed by atoms with Gasteiger partial charge >= 0.3 is 0 Å². The number of unbranched alkanes of at least 4 members (excludes halogenated alkanes) is 1. The van der Waals surface area contributed by atoms with E-state index in [2.05, 4.69) is 31.4 Å². The van der Waals surface area contributed by atoms with E-state index in [0.29, 0.717) is 11.8 Å². The monoisotopic (exact) mass is 340 g/mol. The van der Waals surface area contributed by atoms with Crippen LogP contribution < -0.4 is 10.6 Å². The summed E-state index contributed by atoms with van der Waals surface area (Å²) in [5.74, 6) is 1.58. The van der Waals surface area contributed by atoms with Crippen LogP contribution in [0.3, 0.4) is 0 Å². The highest BCUT2D eigenvalue weighted by molar-refractivity contribution is 5.78. The first-order chi connectivity index (χ1) is 11.3. The third-order valence-electron chi connectivity index (χ3n) is 5.04.